The molecule has 14 heavy (non-hydrogen) atoms. The van der Waals surface area contributed by atoms with Crippen LogP contribution in [0, 0.1) is 0 Å². The van der Waals surface area contributed by atoms with Gasteiger partial charge < -0.3 is 11.1 Å². The van der Waals surface area contributed by atoms with E-state index in [1.54, 1.807) is 12.1 Å². The summed E-state index contributed by atoms with van der Waals surface area (Å²) >= 11 is 0. The Morgan fingerprint density at radius 3 is 2.57 bits per heavy atom. The topological polar surface area (TPSA) is 55.1 Å². The highest BCUT2D eigenvalue weighted by molar-refractivity contribution is 5.94. The van der Waals surface area contributed by atoms with Crippen molar-refractivity contribution in [2.45, 2.75) is 18.4 Å². The smallest absolute Gasteiger partial charge is 0.251 e. The van der Waals surface area contributed by atoms with Crippen LogP contribution in [0.3, 0.4) is 0 Å². The third kappa shape index (κ3) is 2.12. The lowest BCUT2D eigenvalue weighted by Crippen LogP contribution is -2.38. The quantitative estimate of drug-likeness (QED) is 0.744. The molecule has 1 amide bonds. The van der Waals surface area contributed by atoms with Gasteiger partial charge in [-0.05, 0) is 25.0 Å². The van der Waals surface area contributed by atoms with E-state index in [0.29, 0.717) is 12.1 Å². The lowest BCUT2D eigenvalue weighted by atomic mass is 10.2. The van der Waals surface area contributed by atoms with Crippen molar-refractivity contribution in [3.8, 4) is 0 Å². The van der Waals surface area contributed by atoms with Gasteiger partial charge in [0.1, 0.15) is 0 Å². The first-order chi connectivity index (χ1) is 6.70. The largest absolute Gasteiger partial charge is 0.350 e. The molecule has 1 saturated carbocycles. The Hall–Kier alpha value is -1.35. The van der Waals surface area contributed by atoms with Crippen LogP contribution in [0.4, 0.5) is 0 Å². The number of carbonyl (C=O) groups is 1. The van der Waals surface area contributed by atoms with Gasteiger partial charge in [-0.15, -0.1) is 0 Å². The number of amides is 1. The fraction of sp³-hybridized carbons (Fsp3) is 0.364. The highest BCUT2D eigenvalue weighted by atomic mass is 16.1. The van der Waals surface area contributed by atoms with E-state index in [1.807, 2.05) is 18.2 Å². The maximum absolute atomic E-state index is 11.6. The molecule has 0 radical (unpaired) electrons. The van der Waals surface area contributed by atoms with Crippen molar-refractivity contribution in [1.82, 2.24) is 5.32 Å². The van der Waals surface area contributed by atoms with E-state index in [0.717, 1.165) is 12.8 Å². The molecular weight excluding hydrogens is 176 g/mol. The third-order valence-electron chi connectivity index (χ3n) is 2.53. The van der Waals surface area contributed by atoms with Gasteiger partial charge >= 0.3 is 0 Å². The lowest BCUT2D eigenvalue weighted by molar-refractivity contribution is 0.0950. The van der Waals surface area contributed by atoms with Gasteiger partial charge in [-0.25, -0.2) is 0 Å². The van der Waals surface area contributed by atoms with Gasteiger partial charge in [0.25, 0.3) is 5.91 Å². The molecule has 0 unspecified atom stereocenters. The molecule has 0 heterocycles. The minimum Gasteiger partial charge on any atom is -0.350 e. The Bertz CT molecular complexity index is 330. The van der Waals surface area contributed by atoms with Gasteiger partial charge in [0.05, 0.1) is 0 Å². The summed E-state index contributed by atoms with van der Waals surface area (Å²) in [6, 6.07) is 9.19. The van der Waals surface area contributed by atoms with E-state index in [4.69, 9.17) is 5.73 Å². The molecule has 0 atom stereocenters. The molecule has 0 aliphatic heterocycles. The average Bonchev–Trinajstić information content (AvgIpc) is 2.95. The van der Waals surface area contributed by atoms with Gasteiger partial charge in [-0.3, -0.25) is 4.79 Å². The molecule has 0 saturated heterocycles. The fourth-order valence-corrected chi connectivity index (χ4v) is 1.29. The van der Waals surface area contributed by atoms with Gasteiger partial charge in [0.15, 0.2) is 0 Å². The predicted octanol–water partition coefficient (Wildman–Crippen LogP) is 0.908. The van der Waals surface area contributed by atoms with Crippen LogP contribution in [0.15, 0.2) is 30.3 Å². The summed E-state index contributed by atoms with van der Waals surface area (Å²) in [6.07, 6.45) is 2.03. The average molecular weight is 190 g/mol. The number of benzene rings is 1. The number of hydrogen-bond acceptors (Lipinski definition) is 2. The van der Waals surface area contributed by atoms with Gasteiger partial charge in [-0.2, -0.15) is 0 Å². The SMILES string of the molecule is NC1(CNC(=O)c2ccccc2)CC1. The Morgan fingerprint density at radius 2 is 2.00 bits per heavy atom. The van der Waals surface area contributed by atoms with E-state index < -0.39 is 0 Å². The van der Waals surface area contributed by atoms with Gasteiger partial charge in [0, 0.05) is 17.6 Å². The molecule has 74 valence electrons. The van der Waals surface area contributed by atoms with Crippen LogP contribution in [0.2, 0.25) is 0 Å². The zero-order chi connectivity index (χ0) is 10.0. The number of nitrogens with one attached hydrogen (secondary N) is 1. The van der Waals surface area contributed by atoms with Gasteiger partial charge in [-0.1, -0.05) is 18.2 Å². The molecule has 0 spiro atoms. The molecule has 0 aromatic heterocycles. The monoisotopic (exact) mass is 190 g/mol. The molecule has 2 rings (SSSR count). The highest BCUT2D eigenvalue weighted by Gasteiger charge is 2.38. The van der Waals surface area contributed by atoms with Crippen LogP contribution in [-0.4, -0.2) is 18.0 Å². The van der Waals surface area contributed by atoms with Gasteiger partial charge in [0.2, 0.25) is 0 Å². The summed E-state index contributed by atoms with van der Waals surface area (Å²) in [7, 11) is 0. The molecular formula is C11H14N2O. The minimum atomic E-state index is -0.121. The van der Waals surface area contributed by atoms with E-state index in [1.165, 1.54) is 0 Å². The molecule has 1 aliphatic rings. The minimum absolute atomic E-state index is 0.0395. The van der Waals surface area contributed by atoms with Crippen molar-refractivity contribution in [2.75, 3.05) is 6.54 Å². The maximum Gasteiger partial charge on any atom is 0.251 e. The zero-order valence-corrected chi connectivity index (χ0v) is 7.99. The van der Waals surface area contributed by atoms with E-state index in [9.17, 15) is 4.79 Å². The summed E-state index contributed by atoms with van der Waals surface area (Å²) in [5, 5.41) is 2.84. The summed E-state index contributed by atoms with van der Waals surface area (Å²) in [5.74, 6) is -0.0395. The first-order valence-corrected chi connectivity index (χ1v) is 4.82. The van der Waals surface area contributed by atoms with Crippen molar-refractivity contribution >= 4 is 5.91 Å². The summed E-state index contributed by atoms with van der Waals surface area (Å²) < 4.78 is 0. The molecule has 3 nitrogen and oxygen atoms in total. The van der Waals surface area contributed by atoms with Crippen LogP contribution < -0.4 is 11.1 Å². The third-order valence-corrected chi connectivity index (χ3v) is 2.53. The second-order valence-electron chi connectivity index (χ2n) is 3.91. The molecule has 0 bridgehead atoms. The van der Waals surface area contributed by atoms with Crippen molar-refractivity contribution in [3.05, 3.63) is 35.9 Å². The first kappa shape index (κ1) is 9.21. The summed E-state index contributed by atoms with van der Waals surface area (Å²) in [6.45, 7) is 0.584. The normalized spacial score (nSPS) is 17.5. The van der Waals surface area contributed by atoms with Crippen molar-refractivity contribution in [2.24, 2.45) is 5.73 Å². The second kappa shape index (κ2) is 3.42. The number of carbonyl (C=O) groups excluding carboxylic acids is 1. The van der Waals surface area contributed by atoms with Crippen LogP contribution >= 0.6 is 0 Å². The van der Waals surface area contributed by atoms with E-state index in [2.05, 4.69) is 5.32 Å². The Labute approximate surface area is 83.3 Å². The van der Waals surface area contributed by atoms with Crippen LogP contribution in [-0.2, 0) is 0 Å². The van der Waals surface area contributed by atoms with Crippen molar-refractivity contribution in [1.29, 1.82) is 0 Å². The Kier molecular flexibility index (Phi) is 2.25. The lowest BCUT2D eigenvalue weighted by Gasteiger charge is -2.09. The number of nitrogens with two attached hydrogens (primary N) is 1. The summed E-state index contributed by atoms with van der Waals surface area (Å²) in [4.78, 5) is 11.6. The van der Waals surface area contributed by atoms with Crippen molar-refractivity contribution < 1.29 is 4.79 Å². The number of hydrogen-bond donors (Lipinski definition) is 2. The fourth-order valence-electron chi connectivity index (χ4n) is 1.29. The second-order valence-corrected chi connectivity index (χ2v) is 3.91. The predicted molar refractivity (Wildman–Crippen MR) is 54.9 cm³/mol. The van der Waals surface area contributed by atoms with Crippen molar-refractivity contribution in [3.63, 3.8) is 0 Å². The van der Waals surface area contributed by atoms with E-state index in [-0.39, 0.29) is 11.4 Å². The Morgan fingerprint density at radius 1 is 1.36 bits per heavy atom. The van der Waals surface area contributed by atoms with Crippen LogP contribution in [0.5, 0.6) is 0 Å². The van der Waals surface area contributed by atoms with E-state index >= 15 is 0 Å². The van der Waals surface area contributed by atoms with Crippen LogP contribution in [0.25, 0.3) is 0 Å². The molecule has 3 heteroatoms. The standard InChI is InChI=1S/C11H14N2O/c12-11(6-7-11)8-13-10(14)9-4-2-1-3-5-9/h1-5H,6-8,12H2,(H,13,14). The molecule has 1 aromatic carbocycles. The number of rotatable bonds is 3. The molecule has 1 aliphatic carbocycles. The highest BCUT2D eigenvalue weighted by Crippen LogP contribution is 2.30. The molecule has 3 N–H and O–H groups in total. The zero-order valence-electron chi connectivity index (χ0n) is 7.99. The summed E-state index contributed by atoms with van der Waals surface area (Å²) in [5.41, 5.74) is 6.43. The first-order valence-electron chi connectivity index (χ1n) is 4.82. The molecule has 1 fully saturated rings. The van der Waals surface area contributed by atoms with Crippen LogP contribution in [0.1, 0.15) is 23.2 Å². The Balaban J connectivity index is 1.90. The maximum atomic E-state index is 11.6. The molecule has 1 aromatic rings.